The standard InChI is InChI=1S/C18H26N2O2/c1-18(2,3)17(22)20-11-9-15(10-12-20)16(21)19-13-14-7-5-4-6-8-14/h4-8,15H,9-13H2,1-3H3,(H,19,21). The van der Waals surface area contributed by atoms with Crippen LogP contribution in [0.5, 0.6) is 0 Å². The number of piperidine rings is 1. The van der Waals surface area contributed by atoms with E-state index >= 15 is 0 Å². The van der Waals surface area contributed by atoms with Crippen LogP contribution < -0.4 is 5.32 Å². The largest absolute Gasteiger partial charge is 0.352 e. The van der Waals surface area contributed by atoms with Crippen LogP contribution in [-0.2, 0) is 16.1 Å². The Labute approximate surface area is 132 Å². The fourth-order valence-corrected chi connectivity index (χ4v) is 2.75. The molecule has 120 valence electrons. The van der Waals surface area contributed by atoms with Crippen molar-refractivity contribution >= 4 is 11.8 Å². The number of nitrogens with one attached hydrogen (secondary N) is 1. The fourth-order valence-electron chi connectivity index (χ4n) is 2.75. The van der Waals surface area contributed by atoms with Gasteiger partial charge in [0.2, 0.25) is 11.8 Å². The zero-order chi connectivity index (χ0) is 16.2. The number of benzene rings is 1. The smallest absolute Gasteiger partial charge is 0.227 e. The van der Waals surface area contributed by atoms with Crippen LogP contribution in [0.15, 0.2) is 30.3 Å². The minimum Gasteiger partial charge on any atom is -0.352 e. The number of carbonyl (C=O) groups is 2. The van der Waals surface area contributed by atoms with E-state index in [0.29, 0.717) is 19.6 Å². The molecule has 1 fully saturated rings. The number of amides is 2. The van der Waals surface area contributed by atoms with Crippen LogP contribution in [0.4, 0.5) is 0 Å². The van der Waals surface area contributed by atoms with Gasteiger partial charge in [-0.2, -0.15) is 0 Å². The van der Waals surface area contributed by atoms with Crippen LogP contribution >= 0.6 is 0 Å². The third-order valence-electron chi connectivity index (χ3n) is 4.10. The molecule has 0 bridgehead atoms. The van der Waals surface area contributed by atoms with Crippen molar-refractivity contribution in [3.63, 3.8) is 0 Å². The fraction of sp³-hybridized carbons (Fsp3) is 0.556. The summed E-state index contributed by atoms with van der Waals surface area (Å²) in [5, 5.41) is 3.00. The lowest BCUT2D eigenvalue weighted by atomic mass is 9.90. The van der Waals surface area contributed by atoms with E-state index in [0.717, 1.165) is 18.4 Å². The summed E-state index contributed by atoms with van der Waals surface area (Å²) in [6.45, 7) is 7.75. The molecule has 0 spiro atoms. The molecular formula is C18H26N2O2. The van der Waals surface area contributed by atoms with Gasteiger partial charge >= 0.3 is 0 Å². The quantitative estimate of drug-likeness (QED) is 0.933. The van der Waals surface area contributed by atoms with Gasteiger partial charge < -0.3 is 10.2 Å². The molecule has 1 aromatic rings. The summed E-state index contributed by atoms with van der Waals surface area (Å²) < 4.78 is 0. The van der Waals surface area contributed by atoms with Crippen molar-refractivity contribution in [3.05, 3.63) is 35.9 Å². The van der Waals surface area contributed by atoms with E-state index in [-0.39, 0.29) is 23.1 Å². The first-order chi connectivity index (χ1) is 10.4. The Bertz CT molecular complexity index is 512. The molecule has 1 N–H and O–H groups in total. The van der Waals surface area contributed by atoms with Gasteiger partial charge in [-0.25, -0.2) is 0 Å². The highest BCUT2D eigenvalue weighted by Gasteiger charge is 2.32. The van der Waals surface area contributed by atoms with E-state index in [1.165, 1.54) is 0 Å². The molecule has 0 aliphatic carbocycles. The van der Waals surface area contributed by atoms with Crippen molar-refractivity contribution in [2.75, 3.05) is 13.1 Å². The van der Waals surface area contributed by atoms with Gasteiger partial charge in [-0.3, -0.25) is 9.59 Å². The summed E-state index contributed by atoms with van der Waals surface area (Å²) in [6.07, 6.45) is 1.50. The molecule has 0 saturated carbocycles. The SMILES string of the molecule is CC(C)(C)C(=O)N1CCC(C(=O)NCc2ccccc2)CC1. The number of carbonyl (C=O) groups excluding carboxylic acids is 2. The number of likely N-dealkylation sites (tertiary alicyclic amines) is 1. The van der Waals surface area contributed by atoms with Gasteiger partial charge in [0, 0.05) is 31.0 Å². The minimum atomic E-state index is -0.345. The lowest BCUT2D eigenvalue weighted by Crippen LogP contribution is -2.46. The van der Waals surface area contributed by atoms with Gasteiger partial charge in [-0.05, 0) is 18.4 Å². The molecule has 2 rings (SSSR count). The van der Waals surface area contributed by atoms with Crippen LogP contribution in [0, 0.1) is 11.3 Å². The normalized spacial score (nSPS) is 16.4. The van der Waals surface area contributed by atoms with Crippen molar-refractivity contribution in [1.29, 1.82) is 0 Å². The average molecular weight is 302 g/mol. The van der Waals surface area contributed by atoms with Crippen LogP contribution in [-0.4, -0.2) is 29.8 Å². The Balaban J connectivity index is 1.79. The second-order valence-corrected chi connectivity index (χ2v) is 7.02. The van der Waals surface area contributed by atoms with E-state index in [1.54, 1.807) is 0 Å². The Hall–Kier alpha value is -1.84. The molecule has 1 aliphatic heterocycles. The maximum Gasteiger partial charge on any atom is 0.227 e. The zero-order valence-corrected chi connectivity index (χ0v) is 13.8. The Morgan fingerprint density at radius 2 is 1.73 bits per heavy atom. The summed E-state index contributed by atoms with van der Waals surface area (Å²) in [6, 6.07) is 9.92. The molecule has 1 aromatic carbocycles. The van der Waals surface area contributed by atoms with Crippen molar-refractivity contribution < 1.29 is 9.59 Å². The first-order valence-corrected chi connectivity index (χ1v) is 7.99. The minimum absolute atomic E-state index is 0.0210. The highest BCUT2D eigenvalue weighted by atomic mass is 16.2. The van der Waals surface area contributed by atoms with Gasteiger partial charge in [-0.15, -0.1) is 0 Å². The third-order valence-corrected chi connectivity index (χ3v) is 4.10. The molecule has 0 atom stereocenters. The van der Waals surface area contributed by atoms with Gasteiger partial charge in [0.1, 0.15) is 0 Å². The molecule has 2 amide bonds. The highest BCUT2D eigenvalue weighted by molar-refractivity contribution is 5.82. The second-order valence-electron chi connectivity index (χ2n) is 7.02. The lowest BCUT2D eigenvalue weighted by molar-refractivity contribution is -0.142. The van der Waals surface area contributed by atoms with Crippen LogP contribution in [0.3, 0.4) is 0 Å². The molecule has 1 heterocycles. The maximum atomic E-state index is 12.2. The Kier molecular flexibility index (Phi) is 5.22. The average Bonchev–Trinajstić information content (AvgIpc) is 2.52. The molecule has 1 saturated heterocycles. The molecule has 22 heavy (non-hydrogen) atoms. The molecule has 0 radical (unpaired) electrons. The summed E-state index contributed by atoms with van der Waals surface area (Å²) in [5.74, 6) is 0.301. The predicted octanol–water partition coefficient (Wildman–Crippen LogP) is 2.59. The van der Waals surface area contributed by atoms with E-state index in [1.807, 2.05) is 56.0 Å². The topological polar surface area (TPSA) is 49.4 Å². The van der Waals surface area contributed by atoms with Gasteiger partial charge in [0.15, 0.2) is 0 Å². The predicted molar refractivity (Wildman–Crippen MR) is 87.0 cm³/mol. The van der Waals surface area contributed by atoms with Crippen molar-refractivity contribution in [1.82, 2.24) is 10.2 Å². The lowest BCUT2D eigenvalue weighted by Gasteiger charge is -2.35. The molecule has 4 nitrogen and oxygen atoms in total. The molecule has 0 aromatic heterocycles. The number of hydrogen-bond donors (Lipinski definition) is 1. The van der Waals surface area contributed by atoms with Crippen LogP contribution in [0.25, 0.3) is 0 Å². The van der Waals surface area contributed by atoms with Crippen molar-refractivity contribution in [2.45, 2.75) is 40.2 Å². The summed E-state index contributed by atoms with van der Waals surface area (Å²) in [7, 11) is 0. The number of hydrogen-bond acceptors (Lipinski definition) is 2. The monoisotopic (exact) mass is 302 g/mol. The zero-order valence-electron chi connectivity index (χ0n) is 13.8. The third kappa shape index (κ3) is 4.33. The summed E-state index contributed by atoms with van der Waals surface area (Å²) >= 11 is 0. The molecule has 1 aliphatic rings. The van der Waals surface area contributed by atoms with Gasteiger partial charge in [0.25, 0.3) is 0 Å². The van der Waals surface area contributed by atoms with E-state index in [9.17, 15) is 9.59 Å². The van der Waals surface area contributed by atoms with E-state index in [4.69, 9.17) is 0 Å². The van der Waals surface area contributed by atoms with Gasteiger partial charge in [-0.1, -0.05) is 51.1 Å². The molecule has 4 heteroatoms. The van der Waals surface area contributed by atoms with Crippen molar-refractivity contribution in [2.24, 2.45) is 11.3 Å². The first-order valence-electron chi connectivity index (χ1n) is 7.99. The molecule has 0 unspecified atom stereocenters. The van der Waals surface area contributed by atoms with Crippen molar-refractivity contribution in [3.8, 4) is 0 Å². The Morgan fingerprint density at radius 3 is 2.27 bits per heavy atom. The second kappa shape index (κ2) is 6.95. The van der Waals surface area contributed by atoms with E-state index < -0.39 is 0 Å². The Morgan fingerprint density at radius 1 is 1.14 bits per heavy atom. The van der Waals surface area contributed by atoms with Gasteiger partial charge in [0.05, 0.1) is 0 Å². The highest BCUT2D eigenvalue weighted by Crippen LogP contribution is 2.23. The number of nitrogens with zero attached hydrogens (tertiary/aromatic N) is 1. The number of rotatable bonds is 3. The van der Waals surface area contributed by atoms with Crippen LogP contribution in [0.1, 0.15) is 39.2 Å². The summed E-state index contributed by atoms with van der Waals surface area (Å²) in [4.78, 5) is 26.4. The van der Waals surface area contributed by atoms with E-state index in [2.05, 4.69) is 5.32 Å². The molecular weight excluding hydrogens is 276 g/mol. The summed E-state index contributed by atoms with van der Waals surface area (Å²) in [5.41, 5.74) is 0.763. The van der Waals surface area contributed by atoms with Crippen LogP contribution in [0.2, 0.25) is 0 Å². The first kappa shape index (κ1) is 16.5. The maximum absolute atomic E-state index is 12.2.